The van der Waals surface area contributed by atoms with E-state index in [0.717, 1.165) is 19.6 Å². The highest BCUT2D eigenvalue weighted by molar-refractivity contribution is 5.36. The van der Waals surface area contributed by atoms with Gasteiger partial charge in [0.2, 0.25) is 0 Å². The first-order valence-electron chi connectivity index (χ1n) is 3.06. The molecule has 1 aliphatic heterocycles. The van der Waals surface area contributed by atoms with Gasteiger partial charge >= 0.3 is 0 Å². The minimum Gasteiger partial charge on any atom is -0.468 e. The van der Waals surface area contributed by atoms with Crippen LogP contribution >= 0.6 is 0 Å². The van der Waals surface area contributed by atoms with Crippen molar-refractivity contribution in [2.24, 2.45) is 5.92 Å². The van der Waals surface area contributed by atoms with Crippen LogP contribution in [0.1, 0.15) is 6.42 Å². The normalized spacial score (nSPS) is 26.0. The van der Waals surface area contributed by atoms with Crippen LogP contribution in [-0.4, -0.2) is 26.3 Å². The van der Waals surface area contributed by atoms with Crippen molar-refractivity contribution >= 4 is 6.47 Å². The lowest BCUT2D eigenvalue weighted by Gasteiger charge is -2.02. The molecule has 3 nitrogen and oxygen atoms in total. The highest BCUT2D eigenvalue weighted by Crippen LogP contribution is 2.11. The quantitative estimate of drug-likeness (QED) is 0.512. The lowest BCUT2D eigenvalue weighted by molar-refractivity contribution is -0.129. The third kappa shape index (κ3) is 2.01. The molecule has 0 aliphatic carbocycles. The Morgan fingerprint density at radius 2 is 2.67 bits per heavy atom. The van der Waals surface area contributed by atoms with Crippen molar-refractivity contribution in [3.05, 3.63) is 0 Å². The van der Waals surface area contributed by atoms with E-state index >= 15 is 0 Å². The first-order chi connectivity index (χ1) is 4.43. The fourth-order valence-electron chi connectivity index (χ4n) is 0.890. The molecule has 3 heteroatoms. The van der Waals surface area contributed by atoms with Crippen LogP contribution in [-0.2, 0) is 14.3 Å². The topological polar surface area (TPSA) is 35.5 Å². The van der Waals surface area contributed by atoms with E-state index in [4.69, 9.17) is 4.74 Å². The average molecular weight is 130 g/mol. The summed E-state index contributed by atoms with van der Waals surface area (Å²) in [7, 11) is 0. The van der Waals surface area contributed by atoms with E-state index in [1.54, 1.807) is 0 Å². The summed E-state index contributed by atoms with van der Waals surface area (Å²) in [6.45, 7) is 2.56. The first-order valence-corrected chi connectivity index (χ1v) is 3.06. The van der Waals surface area contributed by atoms with Crippen molar-refractivity contribution in [2.75, 3.05) is 19.8 Å². The van der Waals surface area contributed by atoms with E-state index in [1.807, 2.05) is 0 Å². The maximum Gasteiger partial charge on any atom is 0.293 e. The predicted octanol–water partition coefficient (Wildman–Crippen LogP) is 0.196. The van der Waals surface area contributed by atoms with Gasteiger partial charge in [0.15, 0.2) is 0 Å². The number of ether oxygens (including phenoxy) is 2. The molecule has 0 saturated carbocycles. The molecule has 0 bridgehead atoms. The van der Waals surface area contributed by atoms with Crippen molar-refractivity contribution < 1.29 is 14.3 Å². The monoisotopic (exact) mass is 130 g/mol. The summed E-state index contributed by atoms with van der Waals surface area (Å²) >= 11 is 0. The second-order valence-electron chi connectivity index (χ2n) is 2.16. The summed E-state index contributed by atoms with van der Waals surface area (Å²) in [5.41, 5.74) is 0. The van der Waals surface area contributed by atoms with Gasteiger partial charge in [-0.05, 0) is 6.42 Å². The molecule has 1 rings (SSSR count). The number of carbonyl (C=O) groups excluding carboxylic acids is 1. The Labute approximate surface area is 53.9 Å². The minimum atomic E-state index is 0.440. The lowest BCUT2D eigenvalue weighted by atomic mass is 10.1. The molecular formula is C6H10O3. The molecule has 1 atom stereocenters. The second-order valence-corrected chi connectivity index (χ2v) is 2.16. The molecule has 0 spiro atoms. The molecule has 52 valence electrons. The van der Waals surface area contributed by atoms with E-state index in [0.29, 0.717) is 19.0 Å². The van der Waals surface area contributed by atoms with Gasteiger partial charge < -0.3 is 9.47 Å². The van der Waals surface area contributed by atoms with Gasteiger partial charge in [0, 0.05) is 12.5 Å². The van der Waals surface area contributed by atoms with Gasteiger partial charge in [-0.15, -0.1) is 0 Å². The Balaban J connectivity index is 2.04. The van der Waals surface area contributed by atoms with E-state index < -0.39 is 0 Å². The average Bonchev–Trinajstić information content (AvgIpc) is 2.34. The number of carbonyl (C=O) groups is 1. The summed E-state index contributed by atoms with van der Waals surface area (Å²) in [6, 6.07) is 0. The molecule has 1 fully saturated rings. The zero-order valence-electron chi connectivity index (χ0n) is 5.21. The van der Waals surface area contributed by atoms with E-state index in [1.165, 1.54) is 0 Å². The van der Waals surface area contributed by atoms with Crippen molar-refractivity contribution in [2.45, 2.75) is 6.42 Å². The van der Waals surface area contributed by atoms with Gasteiger partial charge in [0.25, 0.3) is 6.47 Å². The summed E-state index contributed by atoms with van der Waals surface area (Å²) < 4.78 is 9.62. The van der Waals surface area contributed by atoms with Gasteiger partial charge in [0.1, 0.15) is 0 Å². The molecular weight excluding hydrogens is 120 g/mol. The zero-order chi connectivity index (χ0) is 6.53. The molecule has 0 radical (unpaired) electrons. The van der Waals surface area contributed by atoms with Crippen LogP contribution < -0.4 is 0 Å². The van der Waals surface area contributed by atoms with Gasteiger partial charge in [-0.2, -0.15) is 0 Å². The van der Waals surface area contributed by atoms with Gasteiger partial charge in [-0.1, -0.05) is 0 Å². The van der Waals surface area contributed by atoms with Crippen molar-refractivity contribution in [3.63, 3.8) is 0 Å². The van der Waals surface area contributed by atoms with Crippen LogP contribution in [0.25, 0.3) is 0 Å². The first kappa shape index (κ1) is 6.55. The van der Waals surface area contributed by atoms with Crippen LogP contribution in [0.3, 0.4) is 0 Å². The van der Waals surface area contributed by atoms with Crippen LogP contribution in [0.15, 0.2) is 0 Å². The molecule has 0 aromatic rings. The van der Waals surface area contributed by atoms with Crippen LogP contribution in [0.2, 0.25) is 0 Å². The summed E-state index contributed by atoms with van der Waals surface area (Å²) in [5, 5.41) is 0. The fraction of sp³-hybridized carbons (Fsp3) is 0.833. The Hall–Kier alpha value is -0.570. The van der Waals surface area contributed by atoms with Crippen LogP contribution in [0, 0.1) is 5.92 Å². The molecule has 1 heterocycles. The van der Waals surface area contributed by atoms with E-state index in [9.17, 15) is 4.79 Å². The fourth-order valence-corrected chi connectivity index (χ4v) is 0.890. The van der Waals surface area contributed by atoms with E-state index in [2.05, 4.69) is 4.74 Å². The van der Waals surface area contributed by atoms with Crippen molar-refractivity contribution in [3.8, 4) is 0 Å². The van der Waals surface area contributed by atoms with Crippen LogP contribution in [0.4, 0.5) is 0 Å². The Bertz CT molecular complexity index is 86.3. The van der Waals surface area contributed by atoms with Crippen LogP contribution in [0.5, 0.6) is 0 Å². The SMILES string of the molecule is O=COCC1CCOC1. The van der Waals surface area contributed by atoms with Crippen molar-refractivity contribution in [1.82, 2.24) is 0 Å². The molecule has 0 N–H and O–H groups in total. The number of hydrogen-bond acceptors (Lipinski definition) is 3. The molecule has 0 aromatic carbocycles. The third-order valence-electron chi connectivity index (χ3n) is 1.42. The number of rotatable bonds is 3. The molecule has 1 unspecified atom stereocenters. The summed E-state index contributed by atoms with van der Waals surface area (Å²) in [4.78, 5) is 9.70. The molecule has 0 amide bonds. The lowest BCUT2D eigenvalue weighted by Crippen LogP contribution is -2.07. The van der Waals surface area contributed by atoms with Gasteiger partial charge in [-0.25, -0.2) is 0 Å². The Kier molecular flexibility index (Phi) is 2.51. The molecule has 9 heavy (non-hydrogen) atoms. The molecule has 1 aliphatic rings. The maximum absolute atomic E-state index is 9.70. The third-order valence-corrected chi connectivity index (χ3v) is 1.42. The van der Waals surface area contributed by atoms with Gasteiger partial charge in [0.05, 0.1) is 13.2 Å². The number of hydrogen-bond donors (Lipinski definition) is 0. The molecule has 1 saturated heterocycles. The standard InChI is InChI=1S/C6H10O3/c7-5-9-4-6-1-2-8-3-6/h5-6H,1-4H2. The maximum atomic E-state index is 9.70. The molecule has 0 aromatic heterocycles. The van der Waals surface area contributed by atoms with Gasteiger partial charge in [-0.3, -0.25) is 4.79 Å². The summed E-state index contributed by atoms with van der Waals surface area (Å²) in [6.07, 6.45) is 1.02. The minimum absolute atomic E-state index is 0.440. The smallest absolute Gasteiger partial charge is 0.293 e. The predicted molar refractivity (Wildman–Crippen MR) is 30.9 cm³/mol. The Morgan fingerprint density at radius 3 is 3.22 bits per heavy atom. The largest absolute Gasteiger partial charge is 0.468 e. The second kappa shape index (κ2) is 3.45. The highest BCUT2D eigenvalue weighted by atomic mass is 16.5. The van der Waals surface area contributed by atoms with E-state index in [-0.39, 0.29) is 0 Å². The van der Waals surface area contributed by atoms with Crippen molar-refractivity contribution in [1.29, 1.82) is 0 Å². The Morgan fingerprint density at radius 1 is 1.78 bits per heavy atom. The zero-order valence-corrected chi connectivity index (χ0v) is 5.21. The highest BCUT2D eigenvalue weighted by Gasteiger charge is 2.15. The summed E-state index contributed by atoms with van der Waals surface area (Å²) in [5.74, 6) is 0.440.